The predicted molar refractivity (Wildman–Crippen MR) is 255 cm³/mol. The molecule has 15 nitrogen and oxygen atoms in total. The van der Waals surface area contributed by atoms with E-state index in [1.165, 1.54) is 0 Å². The van der Waals surface area contributed by atoms with E-state index in [4.69, 9.17) is 47.4 Å². The number of methoxy groups -OCH3 is 2. The lowest BCUT2D eigenvalue weighted by Gasteiger charge is -2.49. The van der Waals surface area contributed by atoms with E-state index in [0.717, 1.165) is 24.8 Å². The van der Waals surface area contributed by atoms with Crippen LogP contribution in [-0.2, 0) is 57.0 Å². The molecule has 20 atom stereocenters. The van der Waals surface area contributed by atoms with Gasteiger partial charge in [0.15, 0.2) is 18.4 Å². The second-order valence-corrected chi connectivity index (χ2v) is 21.9. The van der Waals surface area contributed by atoms with E-state index in [2.05, 4.69) is 45.2 Å². The molecule has 3 N–H and O–H groups in total. The molecule has 0 aromatic carbocycles. The summed E-state index contributed by atoms with van der Waals surface area (Å²) in [4.78, 5) is 27.4. The minimum atomic E-state index is -1.84. The summed E-state index contributed by atoms with van der Waals surface area (Å²) < 4.78 is 65.3. The van der Waals surface area contributed by atoms with E-state index in [-0.39, 0.29) is 54.6 Å². The normalized spacial score (nSPS) is 45.5. The molecular formula is C54H81NO14. The zero-order valence-electron chi connectivity index (χ0n) is 42.8. The summed E-state index contributed by atoms with van der Waals surface area (Å²) in [7, 11) is 3.34. The summed E-state index contributed by atoms with van der Waals surface area (Å²) >= 11 is 0. The molecule has 6 aliphatic heterocycles. The fourth-order valence-corrected chi connectivity index (χ4v) is 11.9. The molecule has 0 radical (unpaired) electrons. The number of esters is 1. The molecule has 8 aliphatic rings. The van der Waals surface area contributed by atoms with Crippen molar-refractivity contribution in [3.8, 4) is 0 Å². The minimum absolute atomic E-state index is 0.0149. The summed E-state index contributed by atoms with van der Waals surface area (Å²) in [5.41, 5.74) is -0.419. The third kappa shape index (κ3) is 11.0. The number of aliphatic hydroxyl groups is 2. The number of carbonyl (C=O) groups excluding carboxylic acids is 2. The van der Waals surface area contributed by atoms with Crippen molar-refractivity contribution in [3.63, 3.8) is 0 Å². The molecule has 69 heavy (non-hydrogen) atoms. The first-order chi connectivity index (χ1) is 32.8. The Bertz CT molecular complexity index is 2000. The first kappa shape index (κ1) is 52.5. The van der Waals surface area contributed by atoms with Gasteiger partial charge in [0.25, 0.3) is 0 Å². The van der Waals surface area contributed by atoms with Gasteiger partial charge < -0.3 is 62.9 Å². The molecule has 4 unspecified atom stereocenters. The van der Waals surface area contributed by atoms with E-state index in [1.807, 2.05) is 45.9 Å². The average molecular weight is 968 g/mol. The number of amides is 1. The van der Waals surface area contributed by atoms with Gasteiger partial charge in [-0.2, -0.15) is 0 Å². The van der Waals surface area contributed by atoms with Crippen LogP contribution >= 0.6 is 0 Å². The van der Waals surface area contributed by atoms with Gasteiger partial charge in [0.2, 0.25) is 5.91 Å². The Hall–Kier alpha value is -2.80. The SMILES string of the molecule is CCC(C)[C@H]1O[C@]2(C=C[C@@H]1C)C[C@@H]1C[C@@H](CC=C(C)[C@@H](OC3C[C@H](OC)[C@@H](OC4C[C@H](OC)[C@@](C)(CC(=O)NC5CC5)[C@H](C)O4)[C@H](C)O3)C(C)C=CC=C3CO[C@@H]4[C@H](O)C(C)=C[C@@H](C(=O)O1)[C@]34O)O2. The first-order valence-corrected chi connectivity index (χ1v) is 25.8. The maximum atomic E-state index is 14.4. The quantitative estimate of drug-likeness (QED) is 0.147. The molecule has 8 rings (SSSR count). The Balaban J connectivity index is 1.04. The van der Waals surface area contributed by atoms with Crippen molar-refractivity contribution >= 4 is 11.9 Å². The monoisotopic (exact) mass is 968 g/mol. The van der Waals surface area contributed by atoms with Gasteiger partial charge >= 0.3 is 5.97 Å². The van der Waals surface area contributed by atoms with E-state index in [1.54, 1.807) is 33.3 Å². The summed E-state index contributed by atoms with van der Waals surface area (Å²) in [6.07, 6.45) is 12.0. The fraction of sp³-hybridized carbons (Fsp3) is 0.778. The maximum absolute atomic E-state index is 14.4. The van der Waals surface area contributed by atoms with Gasteiger partial charge in [-0.3, -0.25) is 9.59 Å². The van der Waals surface area contributed by atoms with Gasteiger partial charge in [-0.25, -0.2) is 0 Å². The Labute approximate surface area is 409 Å². The highest BCUT2D eigenvalue weighted by atomic mass is 16.7. The lowest BCUT2D eigenvalue weighted by molar-refractivity contribution is -0.323. The molecule has 0 aromatic rings. The van der Waals surface area contributed by atoms with Crippen LogP contribution in [0.1, 0.15) is 120 Å². The number of hydrogen-bond acceptors (Lipinski definition) is 14. The van der Waals surface area contributed by atoms with E-state index < -0.39 is 90.1 Å². The first-order valence-electron chi connectivity index (χ1n) is 25.8. The summed E-state index contributed by atoms with van der Waals surface area (Å²) in [5.74, 6) is -2.58. The number of hydrogen-bond donors (Lipinski definition) is 3. The number of carbonyl (C=O) groups is 2. The van der Waals surface area contributed by atoms with Gasteiger partial charge in [0.05, 0.1) is 49.3 Å². The van der Waals surface area contributed by atoms with Gasteiger partial charge in [-0.1, -0.05) is 77.5 Å². The predicted octanol–water partition coefficient (Wildman–Crippen LogP) is 6.69. The van der Waals surface area contributed by atoms with Crippen LogP contribution < -0.4 is 5.32 Å². The van der Waals surface area contributed by atoms with Crippen LogP contribution in [0.25, 0.3) is 0 Å². The molecule has 1 saturated carbocycles. The molecule has 2 aliphatic carbocycles. The Morgan fingerprint density at radius 3 is 2.42 bits per heavy atom. The van der Waals surface area contributed by atoms with Gasteiger partial charge in [0.1, 0.15) is 35.9 Å². The highest BCUT2D eigenvalue weighted by Crippen LogP contribution is 2.48. The van der Waals surface area contributed by atoms with Crippen molar-refractivity contribution < 1.29 is 67.2 Å². The van der Waals surface area contributed by atoms with Crippen LogP contribution in [0.4, 0.5) is 0 Å². The zero-order chi connectivity index (χ0) is 49.6. The highest BCUT2D eigenvalue weighted by Gasteiger charge is 2.60. The van der Waals surface area contributed by atoms with Crippen LogP contribution in [0.2, 0.25) is 0 Å². The standard InChI is InChI=1S/C54H81NO14/c1-12-29(2)48-32(5)20-21-53(69-48)26-39-23-38(68-53)19-16-31(4)47(30(3)14-13-15-36-28-62-50-46(57)33(6)22-40(51(58)65-39)54(36,50)59)66-44-24-41(60-10)49(34(7)63-44)67-45-25-42(61-11)52(9,35(8)64-45)27-43(56)55-37-17-18-37/h13-16,20-22,29-30,32,34-35,37-42,44-50,57,59H,12,17-19,23-28H2,1-11H3,(H,55,56)/t29?,30?,32-,34-,35-,38+,39-,40-,41-,42-,44?,45?,46+,47-,48+,49-,50+,52-,53+,54+/m0/s1. The van der Waals surface area contributed by atoms with E-state index in [0.29, 0.717) is 49.7 Å². The van der Waals surface area contributed by atoms with Crippen molar-refractivity contribution in [2.24, 2.45) is 29.1 Å². The average Bonchev–Trinajstić information content (AvgIpc) is 4.06. The second kappa shape index (κ2) is 21.3. The third-order valence-electron chi connectivity index (χ3n) is 16.7. The Morgan fingerprint density at radius 2 is 1.71 bits per heavy atom. The van der Waals surface area contributed by atoms with Gasteiger partial charge in [0, 0.05) is 69.6 Å². The van der Waals surface area contributed by atoms with E-state index in [9.17, 15) is 19.8 Å². The fourth-order valence-electron chi connectivity index (χ4n) is 11.9. The van der Waals surface area contributed by atoms with Crippen molar-refractivity contribution in [2.45, 2.75) is 217 Å². The second-order valence-electron chi connectivity index (χ2n) is 21.9. The van der Waals surface area contributed by atoms with Crippen molar-refractivity contribution in [1.29, 1.82) is 0 Å². The number of ether oxygens (including phenoxy) is 10. The zero-order valence-corrected chi connectivity index (χ0v) is 42.8. The molecule has 2 bridgehead atoms. The number of aliphatic hydroxyl groups excluding tert-OH is 1. The molecule has 0 aromatic heterocycles. The Kier molecular flexibility index (Phi) is 16.2. The van der Waals surface area contributed by atoms with Crippen LogP contribution in [0, 0.1) is 29.1 Å². The smallest absolute Gasteiger partial charge is 0.316 e. The van der Waals surface area contributed by atoms with Crippen molar-refractivity contribution in [3.05, 3.63) is 59.3 Å². The van der Waals surface area contributed by atoms with Crippen LogP contribution in [-0.4, -0.2) is 140 Å². The van der Waals surface area contributed by atoms with Crippen molar-refractivity contribution in [1.82, 2.24) is 5.32 Å². The molecule has 1 amide bonds. The molecule has 6 heterocycles. The largest absolute Gasteiger partial charge is 0.462 e. The summed E-state index contributed by atoms with van der Waals surface area (Å²) in [5, 5.41) is 27.0. The van der Waals surface area contributed by atoms with E-state index >= 15 is 0 Å². The van der Waals surface area contributed by atoms with Crippen LogP contribution in [0.15, 0.2) is 59.3 Å². The molecule has 1 spiro atoms. The molecule has 386 valence electrons. The molecular weight excluding hydrogens is 887 g/mol. The van der Waals surface area contributed by atoms with Gasteiger partial charge in [-0.15, -0.1) is 0 Å². The van der Waals surface area contributed by atoms with Crippen LogP contribution in [0.3, 0.4) is 0 Å². The summed E-state index contributed by atoms with van der Waals surface area (Å²) in [6.45, 7) is 18.4. The Morgan fingerprint density at radius 1 is 0.957 bits per heavy atom. The number of nitrogens with one attached hydrogen (secondary N) is 1. The number of rotatable bonds is 11. The van der Waals surface area contributed by atoms with Crippen molar-refractivity contribution in [2.75, 3.05) is 20.8 Å². The topological polar surface area (TPSA) is 179 Å². The number of allylic oxidation sites excluding steroid dienone is 2. The van der Waals surface area contributed by atoms with Gasteiger partial charge in [-0.05, 0) is 75.7 Å². The summed E-state index contributed by atoms with van der Waals surface area (Å²) in [6, 6.07) is 0.276. The number of fused-ring (bicyclic) bond motifs is 2. The maximum Gasteiger partial charge on any atom is 0.316 e. The lowest BCUT2D eigenvalue weighted by atomic mass is 9.71. The molecule has 5 fully saturated rings. The molecule has 15 heteroatoms. The minimum Gasteiger partial charge on any atom is -0.462 e. The molecule has 4 saturated heterocycles. The third-order valence-corrected chi connectivity index (χ3v) is 16.7. The van der Waals surface area contributed by atoms with Crippen LogP contribution in [0.5, 0.6) is 0 Å². The lowest BCUT2D eigenvalue weighted by Crippen LogP contribution is -2.58. The highest BCUT2D eigenvalue weighted by molar-refractivity contribution is 5.79.